The van der Waals surface area contributed by atoms with E-state index in [-0.39, 0.29) is 16.9 Å². The number of rotatable bonds is 3. The van der Waals surface area contributed by atoms with Crippen molar-refractivity contribution >= 4 is 28.6 Å². The third-order valence-electron chi connectivity index (χ3n) is 2.89. The fourth-order valence-corrected chi connectivity index (χ4v) is 2.84. The van der Waals surface area contributed by atoms with Crippen LogP contribution in [0.1, 0.15) is 31.3 Å². The standard InChI is InChI=1S/C18H20FN3O2S/c1-18(2,3)22-17(25-12-8-6-5-7-9-12)21-14-10-15(16(23)24-4)20-11-13(14)19/h5-11H,1-4H3,(H,20,21,22). The number of pyridine rings is 1. The van der Waals surface area contributed by atoms with Gasteiger partial charge in [0.15, 0.2) is 16.7 Å². The normalized spacial score (nSPS) is 12.0. The van der Waals surface area contributed by atoms with Crippen molar-refractivity contribution in [2.24, 2.45) is 4.99 Å². The van der Waals surface area contributed by atoms with Crippen LogP contribution in [0.25, 0.3) is 0 Å². The van der Waals surface area contributed by atoms with Gasteiger partial charge in [-0.2, -0.15) is 0 Å². The molecule has 2 aromatic rings. The fraction of sp³-hybridized carbons (Fsp3) is 0.278. The number of benzene rings is 1. The SMILES string of the molecule is COC(=O)c1cc(NC(=NC(C)(C)C)Sc2ccccc2)c(F)cn1. The van der Waals surface area contributed by atoms with Crippen molar-refractivity contribution < 1.29 is 13.9 Å². The molecule has 132 valence electrons. The van der Waals surface area contributed by atoms with E-state index in [4.69, 9.17) is 0 Å². The Morgan fingerprint density at radius 1 is 1.28 bits per heavy atom. The van der Waals surface area contributed by atoms with Crippen molar-refractivity contribution in [2.45, 2.75) is 31.2 Å². The topological polar surface area (TPSA) is 63.6 Å². The van der Waals surface area contributed by atoms with E-state index in [1.165, 1.54) is 24.9 Å². The summed E-state index contributed by atoms with van der Waals surface area (Å²) in [6.45, 7) is 5.84. The highest BCUT2D eigenvalue weighted by molar-refractivity contribution is 8.14. The molecule has 1 aromatic heterocycles. The Kier molecular flexibility index (Phi) is 6.14. The van der Waals surface area contributed by atoms with Gasteiger partial charge in [-0.3, -0.25) is 4.99 Å². The molecular formula is C18H20FN3O2S. The predicted molar refractivity (Wildman–Crippen MR) is 98.6 cm³/mol. The predicted octanol–water partition coefficient (Wildman–Crippen LogP) is 4.37. The maximum Gasteiger partial charge on any atom is 0.356 e. The largest absolute Gasteiger partial charge is 0.464 e. The van der Waals surface area contributed by atoms with Gasteiger partial charge < -0.3 is 10.1 Å². The van der Waals surface area contributed by atoms with Crippen LogP contribution in [0.5, 0.6) is 0 Å². The van der Waals surface area contributed by atoms with Crippen molar-refractivity contribution in [3.63, 3.8) is 0 Å². The summed E-state index contributed by atoms with van der Waals surface area (Å²) in [5.41, 5.74) is -0.230. The molecule has 0 aliphatic heterocycles. The molecule has 0 saturated carbocycles. The summed E-state index contributed by atoms with van der Waals surface area (Å²) in [5.74, 6) is -1.21. The summed E-state index contributed by atoms with van der Waals surface area (Å²) < 4.78 is 18.8. The van der Waals surface area contributed by atoms with Crippen molar-refractivity contribution in [1.29, 1.82) is 0 Å². The van der Waals surface area contributed by atoms with Crippen LogP contribution < -0.4 is 5.32 Å². The van der Waals surface area contributed by atoms with Gasteiger partial charge in [0.05, 0.1) is 24.5 Å². The van der Waals surface area contributed by atoms with Crippen LogP contribution in [0.2, 0.25) is 0 Å². The Balaban J connectivity index is 2.33. The van der Waals surface area contributed by atoms with Gasteiger partial charge in [-0.25, -0.2) is 14.2 Å². The van der Waals surface area contributed by atoms with Gasteiger partial charge in [0, 0.05) is 4.90 Å². The monoisotopic (exact) mass is 361 g/mol. The number of methoxy groups -OCH3 is 1. The molecule has 0 atom stereocenters. The molecule has 0 saturated heterocycles. The van der Waals surface area contributed by atoms with E-state index in [1.807, 2.05) is 51.1 Å². The minimum absolute atomic E-state index is 0.0196. The van der Waals surface area contributed by atoms with Gasteiger partial charge in [-0.15, -0.1) is 0 Å². The summed E-state index contributed by atoms with van der Waals surface area (Å²) in [5, 5.41) is 3.48. The van der Waals surface area contributed by atoms with Crippen LogP contribution in [-0.4, -0.2) is 28.8 Å². The van der Waals surface area contributed by atoms with E-state index in [9.17, 15) is 9.18 Å². The Morgan fingerprint density at radius 3 is 2.56 bits per heavy atom. The van der Waals surface area contributed by atoms with Crippen molar-refractivity contribution in [3.8, 4) is 0 Å². The lowest BCUT2D eigenvalue weighted by molar-refractivity contribution is 0.0594. The van der Waals surface area contributed by atoms with Gasteiger partial charge in [-0.1, -0.05) is 30.0 Å². The lowest BCUT2D eigenvalue weighted by Crippen LogP contribution is -2.18. The number of aromatic nitrogens is 1. The molecule has 0 bridgehead atoms. The zero-order valence-electron chi connectivity index (χ0n) is 14.5. The van der Waals surface area contributed by atoms with E-state index < -0.39 is 11.8 Å². The highest BCUT2D eigenvalue weighted by Crippen LogP contribution is 2.24. The first kappa shape index (κ1) is 18.9. The lowest BCUT2D eigenvalue weighted by Gasteiger charge is -2.17. The number of hydrogen-bond acceptors (Lipinski definition) is 5. The molecule has 0 fully saturated rings. The number of esters is 1. The van der Waals surface area contributed by atoms with Gasteiger partial charge in [-0.05, 0) is 39.0 Å². The first-order valence-corrected chi connectivity index (χ1v) is 8.44. The highest BCUT2D eigenvalue weighted by Gasteiger charge is 2.16. The molecule has 0 amide bonds. The summed E-state index contributed by atoms with van der Waals surface area (Å²) in [7, 11) is 1.25. The number of nitrogens with one attached hydrogen (secondary N) is 1. The molecule has 7 heteroatoms. The summed E-state index contributed by atoms with van der Waals surface area (Å²) in [6.07, 6.45) is 0.983. The number of halogens is 1. The number of ether oxygens (including phenoxy) is 1. The van der Waals surface area contributed by atoms with Crippen LogP contribution >= 0.6 is 11.8 Å². The third-order valence-corrected chi connectivity index (χ3v) is 3.78. The smallest absolute Gasteiger partial charge is 0.356 e. The fourth-order valence-electron chi connectivity index (χ4n) is 1.85. The Labute approximate surface area is 150 Å². The number of carbonyl (C=O) groups excluding carboxylic acids is 1. The Morgan fingerprint density at radius 2 is 1.96 bits per heavy atom. The molecule has 1 N–H and O–H groups in total. The Hall–Kier alpha value is -2.41. The van der Waals surface area contributed by atoms with Crippen molar-refractivity contribution in [1.82, 2.24) is 4.98 Å². The highest BCUT2D eigenvalue weighted by atomic mass is 32.2. The first-order chi connectivity index (χ1) is 11.8. The molecule has 0 aliphatic rings. The number of thioether (sulfide) groups is 1. The summed E-state index contributed by atoms with van der Waals surface area (Å²) >= 11 is 1.37. The van der Waals surface area contributed by atoms with Crippen LogP contribution in [0.4, 0.5) is 10.1 Å². The van der Waals surface area contributed by atoms with E-state index in [0.717, 1.165) is 11.1 Å². The molecule has 0 spiro atoms. The number of amidine groups is 1. The maximum atomic E-state index is 14.1. The van der Waals surface area contributed by atoms with Gasteiger partial charge in [0.25, 0.3) is 0 Å². The van der Waals surface area contributed by atoms with Crippen LogP contribution in [-0.2, 0) is 4.74 Å². The quantitative estimate of drug-likeness (QED) is 0.381. The second kappa shape index (κ2) is 8.11. The second-order valence-electron chi connectivity index (χ2n) is 6.17. The third kappa shape index (κ3) is 5.86. The minimum Gasteiger partial charge on any atom is -0.464 e. The number of carbonyl (C=O) groups is 1. The zero-order chi connectivity index (χ0) is 18.4. The molecule has 1 heterocycles. The molecule has 0 aliphatic carbocycles. The van der Waals surface area contributed by atoms with Crippen molar-refractivity contribution in [2.75, 3.05) is 12.4 Å². The van der Waals surface area contributed by atoms with Crippen LogP contribution in [0.3, 0.4) is 0 Å². The Bertz CT molecular complexity index is 774. The summed E-state index contributed by atoms with van der Waals surface area (Å²) in [4.78, 5) is 20.9. The van der Waals surface area contributed by atoms with Crippen LogP contribution in [0, 0.1) is 5.82 Å². The average molecular weight is 361 g/mol. The van der Waals surface area contributed by atoms with E-state index in [1.54, 1.807) is 0 Å². The van der Waals surface area contributed by atoms with E-state index >= 15 is 0 Å². The first-order valence-electron chi connectivity index (χ1n) is 7.62. The number of nitrogens with zero attached hydrogens (tertiary/aromatic N) is 2. The molecule has 5 nitrogen and oxygen atoms in total. The number of hydrogen-bond donors (Lipinski definition) is 1. The average Bonchev–Trinajstić information content (AvgIpc) is 2.55. The van der Waals surface area contributed by atoms with Crippen LogP contribution in [0.15, 0.2) is 52.5 Å². The van der Waals surface area contributed by atoms with Crippen molar-refractivity contribution in [3.05, 3.63) is 54.1 Å². The van der Waals surface area contributed by atoms with Gasteiger partial charge in [0.2, 0.25) is 0 Å². The minimum atomic E-state index is -0.631. The number of aliphatic imine (C=N–C) groups is 1. The second-order valence-corrected chi connectivity index (χ2v) is 7.23. The van der Waals surface area contributed by atoms with E-state index in [2.05, 4.69) is 20.0 Å². The van der Waals surface area contributed by atoms with E-state index in [0.29, 0.717) is 5.17 Å². The molecule has 0 unspecified atom stereocenters. The molecule has 2 rings (SSSR count). The lowest BCUT2D eigenvalue weighted by atomic mass is 10.1. The molecule has 1 aromatic carbocycles. The number of anilines is 1. The summed E-state index contributed by atoms with van der Waals surface area (Å²) in [6, 6.07) is 10.9. The van der Waals surface area contributed by atoms with Gasteiger partial charge >= 0.3 is 5.97 Å². The zero-order valence-corrected chi connectivity index (χ0v) is 15.4. The maximum absolute atomic E-state index is 14.1. The molecule has 0 radical (unpaired) electrons. The molecular weight excluding hydrogens is 341 g/mol. The van der Waals surface area contributed by atoms with Gasteiger partial charge in [0.1, 0.15) is 0 Å². The molecule has 25 heavy (non-hydrogen) atoms.